The van der Waals surface area contributed by atoms with Crippen molar-refractivity contribution >= 4 is 29.1 Å². The van der Waals surface area contributed by atoms with Crippen molar-refractivity contribution in [2.24, 2.45) is 0 Å². The Kier molecular flexibility index (Phi) is 5.43. The van der Waals surface area contributed by atoms with E-state index in [1.165, 1.54) is 28.7 Å². The van der Waals surface area contributed by atoms with E-state index in [1.54, 1.807) is 24.5 Å². The molecule has 0 atom stereocenters. The van der Waals surface area contributed by atoms with Crippen molar-refractivity contribution in [1.29, 1.82) is 0 Å². The van der Waals surface area contributed by atoms with Crippen molar-refractivity contribution < 1.29 is 4.52 Å². The predicted octanol–water partition coefficient (Wildman–Crippen LogP) is 2.90. The zero-order valence-electron chi connectivity index (χ0n) is 16.3. The van der Waals surface area contributed by atoms with Crippen molar-refractivity contribution in [2.75, 3.05) is 18.0 Å². The molecule has 0 radical (unpaired) electrons. The number of hydrogen-bond donors (Lipinski definition) is 0. The Balaban J connectivity index is 1.38. The minimum absolute atomic E-state index is 0.0721. The molecule has 10 nitrogen and oxygen atoms in total. The quantitative estimate of drug-likeness (QED) is 0.446. The molecule has 0 unspecified atom stereocenters. The van der Waals surface area contributed by atoms with Crippen LogP contribution in [0.1, 0.15) is 25.2 Å². The normalized spacial score (nSPS) is 14.2. The lowest BCUT2D eigenvalue weighted by Crippen LogP contribution is -2.30. The van der Waals surface area contributed by atoms with E-state index in [2.05, 4.69) is 34.5 Å². The summed E-state index contributed by atoms with van der Waals surface area (Å²) in [5.41, 5.74) is 0.949. The highest BCUT2D eigenvalue weighted by atomic mass is 35.5. The van der Waals surface area contributed by atoms with E-state index >= 15 is 0 Å². The van der Waals surface area contributed by atoms with Gasteiger partial charge in [0.2, 0.25) is 5.89 Å². The Hall–Kier alpha value is -3.18. The number of rotatable bonds is 5. The van der Waals surface area contributed by atoms with Crippen molar-refractivity contribution in [1.82, 2.24) is 34.3 Å². The Morgan fingerprint density at radius 2 is 2.00 bits per heavy atom. The molecule has 1 saturated heterocycles. The molecule has 12 heteroatoms. The summed E-state index contributed by atoms with van der Waals surface area (Å²) in [6.45, 7) is 1.89. The average molecular weight is 457 g/mol. The third kappa shape index (κ3) is 4.32. The summed E-state index contributed by atoms with van der Waals surface area (Å²) >= 11 is 7.21. The maximum Gasteiger partial charge on any atom is 0.267 e. The number of pyridine rings is 1. The molecule has 4 aromatic rings. The van der Waals surface area contributed by atoms with E-state index in [0.29, 0.717) is 33.4 Å². The van der Waals surface area contributed by atoms with Gasteiger partial charge in [-0.1, -0.05) is 11.6 Å². The molecular weight excluding hydrogens is 440 g/mol. The Morgan fingerprint density at radius 1 is 1.13 bits per heavy atom. The molecule has 31 heavy (non-hydrogen) atoms. The molecule has 1 aliphatic rings. The van der Waals surface area contributed by atoms with Gasteiger partial charge in [0.05, 0.1) is 5.02 Å². The molecule has 158 valence electrons. The highest BCUT2D eigenvalue weighted by molar-refractivity contribution is 7.09. The number of hydrogen-bond acceptors (Lipinski definition) is 10. The zero-order chi connectivity index (χ0) is 21.2. The lowest BCUT2D eigenvalue weighted by molar-refractivity contribution is 0.361. The van der Waals surface area contributed by atoms with Gasteiger partial charge in [0, 0.05) is 37.1 Å². The summed E-state index contributed by atoms with van der Waals surface area (Å²) in [5.74, 6) is 1.29. The van der Waals surface area contributed by atoms with Gasteiger partial charge in [-0.3, -0.25) is 9.78 Å². The first kappa shape index (κ1) is 19.8. The second kappa shape index (κ2) is 8.52. The van der Waals surface area contributed by atoms with Gasteiger partial charge in [-0.05, 0) is 48.1 Å². The molecule has 5 rings (SSSR count). The van der Waals surface area contributed by atoms with Crippen LogP contribution >= 0.6 is 23.1 Å². The summed E-state index contributed by atoms with van der Waals surface area (Å²) in [6.07, 6.45) is 6.66. The monoisotopic (exact) mass is 456 g/mol. The van der Waals surface area contributed by atoms with E-state index in [-0.39, 0.29) is 12.1 Å². The van der Waals surface area contributed by atoms with Crippen LogP contribution in [-0.4, -0.2) is 47.4 Å². The van der Waals surface area contributed by atoms with Crippen LogP contribution in [0.25, 0.3) is 22.1 Å². The number of anilines is 1. The summed E-state index contributed by atoms with van der Waals surface area (Å²) in [5, 5.41) is 9.61. The third-order valence-corrected chi connectivity index (χ3v) is 5.83. The van der Waals surface area contributed by atoms with E-state index < -0.39 is 0 Å². The molecule has 1 aliphatic heterocycles. The van der Waals surface area contributed by atoms with Gasteiger partial charge in [-0.2, -0.15) is 14.5 Å². The summed E-state index contributed by atoms with van der Waals surface area (Å²) in [7, 11) is 0. The van der Waals surface area contributed by atoms with Crippen molar-refractivity contribution in [3.05, 3.63) is 51.9 Å². The van der Waals surface area contributed by atoms with Gasteiger partial charge >= 0.3 is 0 Å². The molecule has 0 bridgehead atoms. The SMILES string of the molecule is O=c1ccc(-c2nsc(-c3cncc(Cl)c3)n2)nn1Cc1nc(N2CCCCC2)no1. The van der Waals surface area contributed by atoms with Gasteiger partial charge in [0.15, 0.2) is 5.82 Å². The lowest BCUT2D eigenvalue weighted by Gasteiger charge is -2.24. The van der Waals surface area contributed by atoms with Crippen molar-refractivity contribution in [2.45, 2.75) is 25.8 Å². The minimum Gasteiger partial charge on any atom is -0.338 e. The second-order valence-electron chi connectivity index (χ2n) is 7.07. The van der Waals surface area contributed by atoms with Crippen LogP contribution in [0.2, 0.25) is 5.02 Å². The van der Waals surface area contributed by atoms with Crippen LogP contribution in [0.15, 0.2) is 39.9 Å². The second-order valence-corrected chi connectivity index (χ2v) is 8.25. The molecule has 4 aromatic heterocycles. The number of aromatic nitrogens is 7. The Labute approximate surface area is 185 Å². The highest BCUT2D eigenvalue weighted by Crippen LogP contribution is 2.26. The van der Waals surface area contributed by atoms with Crippen LogP contribution in [0, 0.1) is 0 Å². The maximum absolute atomic E-state index is 12.3. The summed E-state index contributed by atoms with van der Waals surface area (Å²) in [6, 6.07) is 4.78. The standard InChI is InChI=1S/C19H17ClN8O2S/c20-13-8-12(9-21-10-13)18-23-17(26-31-18)14-4-5-16(29)28(24-14)11-15-22-19(25-30-15)27-6-2-1-3-7-27/h4-5,8-10H,1-3,6-7,11H2. The van der Waals surface area contributed by atoms with Crippen LogP contribution in [0.5, 0.6) is 0 Å². The topological polar surface area (TPSA) is 116 Å². The first-order valence-electron chi connectivity index (χ1n) is 9.76. The lowest BCUT2D eigenvalue weighted by atomic mass is 10.1. The number of nitrogens with zero attached hydrogens (tertiary/aromatic N) is 8. The van der Waals surface area contributed by atoms with Gasteiger partial charge in [-0.15, -0.1) is 0 Å². The van der Waals surface area contributed by atoms with Crippen LogP contribution < -0.4 is 10.5 Å². The van der Waals surface area contributed by atoms with E-state index in [1.807, 2.05) is 0 Å². The highest BCUT2D eigenvalue weighted by Gasteiger charge is 2.18. The summed E-state index contributed by atoms with van der Waals surface area (Å²) in [4.78, 5) is 27.4. The molecule has 0 amide bonds. The van der Waals surface area contributed by atoms with E-state index in [4.69, 9.17) is 16.1 Å². The van der Waals surface area contributed by atoms with Crippen LogP contribution in [-0.2, 0) is 6.54 Å². The fraction of sp³-hybridized carbons (Fsp3) is 0.316. The van der Waals surface area contributed by atoms with E-state index in [9.17, 15) is 4.79 Å². The number of halogens is 1. The molecule has 0 aliphatic carbocycles. The van der Waals surface area contributed by atoms with Gasteiger partial charge < -0.3 is 9.42 Å². The fourth-order valence-electron chi connectivity index (χ4n) is 3.32. The van der Waals surface area contributed by atoms with Crippen LogP contribution in [0.3, 0.4) is 0 Å². The maximum atomic E-state index is 12.3. The first-order chi connectivity index (χ1) is 15.2. The summed E-state index contributed by atoms with van der Waals surface area (Å²) < 4.78 is 11.0. The average Bonchev–Trinajstić information content (AvgIpc) is 3.46. The largest absolute Gasteiger partial charge is 0.338 e. The smallest absolute Gasteiger partial charge is 0.267 e. The first-order valence-corrected chi connectivity index (χ1v) is 10.9. The Bertz CT molecular complexity index is 1260. The van der Waals surface area contributed by atoms with Gasteiger partial charge in [0.25, 0.3) is 11.5 Å². The molecule has 0 spiro atoms. The van der Waals surface area contributed by atoms with Crippen molar-refractivity contribution in [3.63, 3.8) is 0 Å². The predicted molar refractivity (Wildman–Crippen MR) is 115 cm³/mol. The molecule has 0 saturated carbocycles. The molecular formula is C19H17ClN8O2S. The van der Waals surface area contributed by atoms with Crippen molar-refractivity contribution in [3.8, 4) is 22.1 Å². The van der Waals surface area contributed by atoms with Gasteiger partial charge in [-0.25, -0.2) is 9.67 Å². The van der Waals surface area contributed by atoms with Crippen LogP contribution in [0.4, 0.5) is 5.95 Å². The molecule has 0 N–H and O–H groups in total. The van der Waals surface area contributed by atoms with Gasteiger partial charge in [0.1, 0.15) is 17.2 Å². The zero-order valence-corrected chi connectivity index (χ0v) is 17.9. The minimum atomic E-state index is -0.282. The molecule has 1 fully saturated rings. The Morgan fingerprint density at radius 3 is 2.84 bits per heavy atom. The number of piperidine rings is 1. The van der Waals surface area contributed by atoms with E-state index in [0.717, 1.165) is 31.5 Å². The third-order valence-electron chi connectivity index (χ3n) is 4.85. The fourth-order valence-corrected chi connectivity index (χ4v) is 4.14. The molecule has 5 heterocycles. The molecule has 0 aromatic carbocycles.